The zero-order valence-corrected chi connectivity index (χ0v) is 7.81. The molecule has 0 bridgehead atoms. The molecule has 0 amide bonds. The third kappa shape index (κ3) is 1.99. The van der Waals surface area contributed by atoms with E-state index >= 15 is 0 Å². The molecule has 4 nitrogen and oxygen atoms in total. The van der Waals surface area contributed by atoms with Crippen molar-refractivity contribution < 1.29 is 4.74 Å². The third-order valence-electron chi connectivity index (χ3n) is 2.33. The zero-order valence-electron chi connectivity index (χ0n) is 7.81. The van der Waals surface area contributed by atoms with Gasteiger partial charge in [-0.1, -0.05) is 0 Å². The van der Waals surface area contributed by atoms with Crippen molar-refractivity contribution in [1.29, 1.82) is 5.26 Å². The summed E-state index contributed by atoms with van der Waals surface area (Å²) in [7, 11) is 0. The Labute approximate surface area is 82.6 Å². The minimum absolute atomic E-state index is 0.289. The smallest absolute Gasteiger partial charge is 0.232 e. The van der Waals surface area contributed by atoms with Gasteiger partial charge in [0.1, 0.15) is 12.2 Å². The Hall–Kier alpha value is -1.63. The number of hydrogen-bond donors (Lipinski definition) is 0. The molecule has 1 aliphatic carbocycles. The monoisotopic (exact) mass is 189 g/mol. The Kier molecular flexibility index (Phi) is 2.59. The molecular weight excluding hydrogens is 178 g/mol. The van der Waals surface area contributed by atoms with E-state index in [2.05, 4.69) is 9.97 Å². The van der Waals surface area contributed by atoms with E-state index in [4.69, 9.17) is 10.00 Å². The van der Waals surface area contributed by atoms with Gasteiger partial charge in [0.25, 0.3) is 0 Å². The van der Waals surface area contributed by atoms with Gasteiger partial charge >= 0.3 is 0 Å². The van der Waals surface area contributed by atoms with Crippen LogP contribution in [0.25, 0.3) is 0 Å². The normalized spacial score (nSPS) is 16.5. The predicted molar refractivity (Wildman–Crippen MR) is 49.6 cm³/mol. The standard InChI is InChI=1S/C10H11N3O/c11-5-8-6-13-10(7-12-8)14-9-3-1-2-4-9/h6-7,9H,1-4H2. The van der Waals surface area contributed by atoms with Crippen LogP contribution in [0.4, 0.5) is 0 Å². The van der Waals surface area contributed by atoms with E-state index in [1.165, 1.54) is 25.2 Å². The maximum atomic E-state index is 8.52. The maximum absolute atomic E-state index is 8.52. The number of nitriles is 1. The number of nitrogens with zero attached hydrogens (tertiary/aromatic N) is 3. The summed E-state index contributed by atoms with van der Waals surface area (Å²) >= 11 is 0. The van der Waals surface area contributed by atoms with Gasteiger partial charge in [0.15, 0.2) is 5.69 Å². The van der Waals surface area contributed by atoms with E-state index in [1.54, 1.807) is 0 Å². The highest BCUT2D eigenvalue weighted by molar-refractivity contribution is 5.18. The fourth-order valence-electron chi connectivity index (χ4n) is 1.61. The van der Waals surface area contributed by atoms with Crippen molar-refractivity contribution in [1.82, 2.24) is 9.97 Å². The maximum Gasteiger partial charge on any atom is 0.232 e. The Morgan fingerprint density at radius 2 is 2.07 bits per heavy atom. The van der Waals surface area contributed by atoms with E-state index < -0.39 is 0 Å². The molecule has 1 heterocycles. The highest BCUT2D eigenvalue weighted by Crippen LogP contribution is 2.22. The van der Waals surface area contributed by atoms with E-state index in [-0.39, 0.29) is 6.10 Å². The molecule has 14 heavy (non-hydrogen) atoms. The molecule has 1 saturated carbocycles. The lowest BCUT2D eigenvalue weighted by molar-refractivity contribution is 0.200. The van der Waals surface area contributed by atoms with Crippen LogP contribution in [0.5, 0.6) is 5.88 Å². The van der Waals surface area contributed by atoms with Crippen LogP contribution in [0.3, 0.4) is 0 Å². The van der Waals surface area contributed by atoms with Crippen LogP contribution < -0.4 is 4.74 Å². The van der Waals surface area contributed by atoms with Gasteiger partial charge in [0.05, 0.1) is 12.4 Å². The first-order valence-corrected chi connectivity index (χ1v) is 4.77. The number of hydrogen-bond acceptors (Lipinski definition) is 4. The molecule has 0 radical (unpaired) electrons. The van der Waals surface area contributed by atoms with Crippen molar-refractivity contribution in [3.63, 3.8) is 0 Å². The number of aromatic nitrogens is 2. The van der Waals surface area contributed by atoms with Crippen LogP contribution in [0.15, 0.2) is 12.4 Å². The van der Waals surface area contributed by atoms with Gasteiger partial charge < -0.3 is 4.74 Å². The Balaban J connectivity index is 1.99. The predicted octanol–water partition coefficient (Wildman–Crippen LogP) is 1.67. The van der Waals surface area contributed by atoms with Gasteiger partial charge in [0.2, 0.25) is 5.88 Å². The fourth-order valence-corrected chi connectivity index (χ4v) is 1.61. The summed E-state index contributed by atoms with van der Waals surface area (Å²) in [5, 5.41) is 8.52. The van der Waals surface area contributed by atoms with Crippen LogP contribution in [0.1, 0.15) is 31.4 Å². The topological polar surface area (TPSA) is 58.8 Å². The van der Waals surface area contributed by atoms with Crippen molar-refractivity contribution in [2.45, 2.75) is 31.8 Å². The molecule has 1 aliphatic rings. The Morgan fingerprint density at radius 3 is 2.64 bits per heavy atom. The van der Waals surface area contributed by atoms with Gasteiger partial charge in [0, 0.05) is 0 Å². The van der Waals surface area contributed by atoms with Crippen molar-refractivity contribution in [2.24, 2.45) is 0 Å². The minimum Gasteiger partial charge on any atom is -0.473 e. The first kappa shape index (κ1) is 8.95. The first-order chi connectivity index (χ1) is 6.88. The Bertz CT molecular complexity index is 335. The van der Waals surface area contributed by atoms with Gasteiger partial charge in [-0.05, 0) is 25.7 Å². The number of rotatable bonds is 2. The summed E-state index contributed by atoms with van der Waals surface area (Å²) < 4.78 is 5.59. The van der Waals surface area contributed by atoms with Crippen LogP contribution in [0, 0.1) is 11.3 Å². The molecular formula is C10H11N3O. The average molecular weight is 189 g/mol. The van der Waals surface area contributed by atoms with E-state index in [9.17, 15) is 0 Å². The summed E-state index contributed by atoms with van der Waals surface area (Å²) in [6, 6.07) is 1.92. The lowest BCUT2D eigenvalue weighted by atomic mass is 10.3. The molecule has 0 saturated heterocycles. The molecule has 0 atom stereocenters. The van der Waals surface area contributed by atoms with E-state index in [1.807, 2.05) is 6.07 Å². The van der Waals surface area contributed by atoms with Crippen LogP contribution in [-0.2, 0) is 0 Å². The highest BCUT2D eigenvalue weighted by atomic mass is 16.5. The molecule has 0 N–H and O–H groups in total. The molecule has 1 aromatic rings. The minimum atomic E-state index is 0.289. The zero-order chi connectivity index (χ0) is 9.80. The van der Waals surface area contributed by atoms with Gasteiger partial charge in [-0.2, -0.15) is 5.26 Å². The van der Waals surface area contributed by atoms with E-state index in [0.29, 0.717) is 11.6 Å². The molecule has 0 aromatic carbocycles. The molecule has 72 valence electrons. The molecule has 1 aromatic heterocycles. The van der Waals surface area contributed by atoms with Gasteiger partial charge in [-0.15, -0.1) is 0 Å². The third-order valence-corrected chi connectivity index (χ3v) is 2.33. The second kappa shape index (κ2) is 4.05. The molecule has 0 spiro atoms. The highest BCUT2D eigenvalue weighted by Gasteiger charge is 2.16. The van der Waals surface area contributed by atoms with Crippen molar-refractivity contribution in [3.8, 4) is 11.9 Å². The first-order valence-electron chi connectivity index (χ1n) is 4.77. The molecule has 0 aliphatic heterocycles. The van der Waals surface area contributed by atoms with Gasteiger partial charge in [-0.25, -0.2) is 9.97 Å². The van der Waals surface area contributed by atoms with Crippen LogP contribution >= 0.6 is 0 Å². The SMILES string of the molecule is N#Cc1cnc(OC2CCCC2)cn1. The van der Waals surface area contributed by atoms with Crippen molar-refractivity contribution in [3.05, 3.63) is 18.1 Å². The largest absolute Gasteiger partial charge is 0.473 e. The molecule has 0 unspecified atom stereocenters. The molecule has 2 rings (SSSR count). The molecule has 1 fully saturated rings. The van der Waals surface area contributed by atoms with Crippen molar-refractivity contribution >= 4 is 0 Å². The Morgan fingerprint density at radius 1 is 1.29 bits per heavy atom. The summed E-state index contributed by atoms with van der Waals surface area (Å²) in [4.78, 5) is 7.90. The lowest BCUT2D eigenvalue weighted by Gasteiger charge is -2.10. The summed E-state index contributed by atoms with van der Waals surface area (Å²) in [5.74, 6) is 0.524. The van der Waals surface area contributed by atoms with Crippen molar-refractivity contribution in [2.75, 3.05) is 0 Å². The summed E-state index contributed by atoms with van der Waals surface area (Å²) in [6.07, 6.45) is 7.89. The quantitative estimate of drug-likeness (QED) is 0.710. The summed E-state index contributed by atoms with van der Waals surface area (Å²) in [6.45, 7) is 0. The van der Waals surface area contributed by atoms with Crippen LogP contribution in [0.2, 0.25) is 0 Å². The lowest BCUT2D eigenvalue weighted by Crippen LogP contribution is -2.11. The van der Waals surface area contributed by atoms with Crippen LogP contribution in [-0.4, -0.2) is 16.1 Å². The fraction of sp³-hybridized carbons (Fsp3) is 0.500. The number of ether oxygens (including phenoxy) is 1. The summed E-state index contributed by atoms with van der Waals surface area (Å²) in [5.41, 5.74) is 0.323. The average Bonchev–Trinajstić information content (AvgIpc) is 2.72. The second-order valence-corrected chi connectivity index (χ2v) is 3.38. The van der Waals surface area contributed by atoms with Gasteiger partial charge in [-0.3, -0.25) is 0 Å². The van der Waals surface area contributed by atoms with E-state index in [0.717, 1.165) is 12.8 Å². The second-order valence-electron chi connectivity index (χ2n) is 3.38. The molecule has 4 heteroatoms.